The Kier molecular flexibility index (Phi) is 2.43. The van der Waals surface area contributed by atoms with E-state index in [4.69, 9.17) is 0 Å². The van der Waals surface area contributed by atoms with Crippen LogP contribution in [-0.2, 0) is 0 Å². The molecule has 1 aromatic carbocycles. The Bertz CT molecular complexity index is 285. The van der Waals surface area contributed by atoms with Crippen LogP contribution in [0.2, 0.25) is 0 Å². The minimum absolute atomic E-state index is 0.709. The highest BCUT2D eigenvalue weighted by Gasteiger charge is 2.26. The van der Waals surface area contributed by atoms with E-state index in [-0.39, 0.29) is 0 Å². The molecule has 2 rings (SSSR count). The van der Waals surface area contributed by atoms with E-state index in [0.29, 0.717) is 5.25 Å². The van der Waals surface area contributed by atoms with E-state index >= 15 is 0 Å². The van der Waals surface area contributed by atoms with Crippen LogP contribution in [0.4, 0.5) is 0 Å². The highest BCUT2D eigenvalue weighted by molar-refractivity contribution is 8.43. The molecule has 0 N–H and O–H groups in total. The van der Waals surface area contributed by atoms with Gasteiger partial charge in [0, 0.05) is 5.25 Å². The Hall–Kier alpha value is 0. The molecule has 0 bridgehead atoms. The predicted molar refractivity (Wildman–Crippen MR) is 59.5 cm³/mol. The van der Waals surface area contributed by atoms with Crippen LogP contribution < -0.4 is 0 Å². The van der Waals surface area contributed by atoms with Crippen molar-refractivity contribution >= 4 is 19.8 Å². The van der Waals surface area contributed by atoms with Gasteiger partial charge in [0.25, 0.3) is 0 Å². The maximum absolute atomic E-state index is 2.78. The molecule has 64 valence electrons. The molecular weight excluding hydrogens is 183 g/mol. The van der Waals surface area contributed by atoms with Crippen LogP contribution >= 0.6 is 19.8 Å². The minimum atomic E-state index is 0.709. The summed E-state index contributed by atoms with van der Waals surface area (Å²) < 4.78 is 0. The zero-order valence-corrected chi connectivity index (χ0v) is 9.13. The van der Waals surface area contributed by atoms with Gasteiger partial charge in [0.1, 0.15) is 0 Å². The van der Waals surface area contributed by atoms with Crippen molar-refractivity contribution in [2.45, 2.75) is 24.5 Å². The fourth-order valence-electron chi connectivity index (χ4n) is 1.96. The van der Waals surface area contributed by atoms with Gasteiger partial charge in [0.05, 0.1) is 0 Å². The predicted octanol–water partition coefficient (Wildman–Crippen LogP) is 3.76. The van der Waals surface area contributed by atoms with Gasteiger partial charge < -0.3 is 0 Å². The first-order valence-corrected chi connectivity index (χ1v) is 6.63. The Morgan fingerprint density at radius 3 is 2.67 bits per heavy atom. The van der Waals surface area contributed by atoms with Gasteiger partial charge in [-0.2, -0.15) is 0 Å². The van der Waals surface area contributed by atoms with Crippen molar-refractivity contribution in [3.05, 3.63) is 35.4 Å². The van der Waals surface area contributed by atoms with Gasteiger partial charge >= 0.3 is 0 Å². The van der Waals surface area contributed by atoms with E-state index in [0.717, 1.165) is 5.92 Å². The quantitative estimate of drug-likeness (QED) is 0.616. The van der Waals surface area contributed by atoms with Gasteiger partial charge in [-0.1, -0.05) is 39.6 Å². The number of rotatable bonds is 1. The van der Waals surface area contributed by atoms with Gasteiger partial charge in [-0.3, -0.25) is 0 Å². The maximum Gasteiger partial charge on any atom is 0.0342 e. The topological polar surface area (TPSA) is 0 Å². The molecule has 0 nitrogen and oxygen atoms in total. The van der Waals surface area contributed by atoms with E-state index in [9.17, 15) is 0 Å². The van der Waals surface area contributed by atoms with Crippen molar-refractivity contribution in [2.24, 2.45) is 0 Å². The van der Waals surface area contributed by atoms with Gasteiger partial charge in [-0.25, -0.2) is 0 Å². The van der Waals surface area contributed by atoms with Crippen molar-refractivity contribution in [2.75, 3.05) is 0 Å². The van der Waals surface area contributed by atoms with E-state index < -0.39 is 0 Å². The van der Waals surface area contributed by atoms with Crippen LogP contribution in [0.25, 0.3) is 0 Å². The monoisotopic (exact) mass is 196 g/mol. The third-order valence-corrected chi connectivity index (χ3v) is 4.37. The maximum atomic E-state index is 2.78. The Morgan fingerprint density at radius 2 is 2.00 bits per heavy atom. The molecule has 12 heavy (non-hydrogen) atoms. The van der Waals surface area contributed by atoms with Gasteiger partial charge in [0.15, 0.2) is 0 Å². The standard InChI is InChI=1S/C10H13PS/c1-7-6-10(12-11)9-5-3-2-4-8(7)9/h2-5,7,10H,6,11H2,1H3. The Labute approximate surface area is 80.1 Å². The van der Waals surface area contributed by atoms with E-state index in [2.05, 4.69) is 39.6 Å². The molecule has 1 aliphatic rings. The molecule has 0 fully saturated rings. The Balaban J connectivity index is 2.43. The normalized spacial score (nSPS) is 27.2. The van der Waals surface area contributed by atoms with Crippen molar-refractivity contribution in [3.8, 4) is 0 Å². The fraction of sp³-hybridized carbons (Fsp3) is 0.400. The molecule has 0 saturated heterocycles. The molecule has 0 radical (unpaired) electrons. The molecule has 2 heteroatoms. The zero-order chi connectivity index (χ0) is 8.55. The third-order valence-electron chi connectivity index (χ3n) is 2.61. The van der Waals surface area contributed by atoms with Crippen LogP contribution in [0.3, 0.4) is 0 Å². The van der Waals surface area contributed by atoms with Gasteiger partial charge in [-0.15, -0.1) is 11.4 Å². The molecule has 0 aromatic heterocycles. The first kappa shape index (κ1) is 8.59. The average molecular weight is 196 g/mol. The molecule has 3 atom stereocenters. The summed E-state index contributed by atoms with van der Waals surface area (Å²) in [6.07, 6.45) is 1.30. The third kappa shape index (κ3) is 1.30. The molecule has 0 spiro atoms. The second kappa shape index (κ2) is 3.40. The summed E-state index contributed by atoms with van der Waals surface area (Å²) in [5.41, 5.74) is 3.10. The summed E-state index contributed by atoms with van der Waals surface area (Å²) >= 11 is 1.90. The molecule has 0 amide bonds. The summed E-state index contributed by atoms with van der Waals surface area (Å²) in [7, 11) is 2.78. The molecule has 0 saturated carbocycles. The minimum Gasteiger partial charge on any atom is -0.133 e. The zero-order valence-electron chi connectivity index (χ0n) is 7.16. The highest BCUT2D eigenvalue weighted by atomic mass is 32.7. The number of benzene rings is 1. The summed E-state index contributed by atoms with van der Waals surface area (Å²) in [6.45, 7) is 2.32. The van der Waals surface area contributed by atoms with E-state index in [1.54, 1.807) is 11.1 Å². The second-order valence-electron chi connectivity index (χ2n) is 3.39. The van der Waals surface area contributed by atoms with Gasteiger partial charge in [-0.05, 0) is 23.5 Å². The van der Waals surface area contributed by atoms with Crippen LogP contribution in [0, 0.1) is 0 Å². The molecule has 1 aliphatic carbocycles. The molecular formula is C10H13PS. The lowest BCUT2D eigenvalue weighted by molar-refractivity contribution is 0.740. The first-order chi connectivity index (χ1) is 5.83. The van der Waals surface area contributed by atoms with Gasteiger partial charge in [0.2, 0.25) is 0 Å². The SMILES string of the molecule is CC1CC(SP)c2ccccc21. The van der Waals surface area contributed by atoms with Crippen molar-refractivity contribution in [1.82, 2.24) is 0 Å². The number of hydrogen-bond acceptors (Lipinski definition) is 1. The molecule has 0 aliphatic heterocycles. The van der Waals surface area contributed by atoms with E-state index in [1.165, 1.54) is 6.42 Å². The number of fused-ring (bicyclic) bond motifs is 1. The second-order valence-corrected chi connectivity index (χ2v) is 5.05. The largest absolute Gasteiger partial charge is 0.133 e. The van der Waals surface area contributed by atoms with Crippen LogP contribution in [0.1, 0.15) is 35.6 Å². The fourth-order valence-corrected chi connectivity index (χ4v) is 3.49. The first-order valence-electron chi connectivity index (χ1n) is 4.27. The summed E-state index contributed by atoms with van der Waals surface area (Å²) in [5, 5.41) is 0.709. The van der Waals surface area contributed by atoms with Crippen molar-refractivity contribution in [1.29, 1.82) is 0 Å². The highest BCUT2D eigenvalue weighted by Crippen LogP contribution is 2.49. The van der Waals surface area contributed by atoms with E-state index in [1.807, 2.05) is 11.4 Å². The average Bonchev–Trinajstić information content (AvgIpc) is 2.44. The lowest BCUT2D eigenvalue weighted by Crippen LogP contribution is -1.83. The molecule has 0 heterocycles. The summed E-state index contributed by atoms with van der Waals surface area (Å²) in [5.74, 6) is 0.749. The summed E-state index contributed by atoms with van der Waals surface area (Å²) in [4.78, 5) is 0. The summed E-state index contributed by atoms with van der Waals surface area (Å²) in [6, 6.07) is 8.82. The Morgan fingerprint density at radius 1 is 1.33 bits per heavy atom. The van der Waals surface area contributed by atoms with Crippen molar-refractivity contribution in [3.63, 3.8) is 0 Å². The van der Waals surface area contributed by atoms with Crippen LogP contribution in [0.15, 0.2) is 24.3 Å². The lowest BCUT2D eigenvalue weighted by atomic mass is 10.0. The number of hydrogen-bond donors (Lipinski definition) is 0. The van der Waals surface area contributed by atoms with Crippen molar-refractivity contribution < 1.29 is 0 Å². The van der Waals surface area contributed by atoms with Crippen LogP contribution in [0.5, 0.6) is 0 Å². The lowest BCUT2D eigenvalue weighted by Gasteiger charge is -2.05. The van der Waals surface area contributed by atoms with Crippen LogP contribution in [-0.4, -0.2) is 0 Å². The smallest absolute Gasteiger partial charge is 0.0342 e. The molecule has 1 aromatic rings. The molecule has 3 unspecified atom stereocenters.